The minimum absolute atomic E-state index is 0.0216. The minimum Gasteiger partial charge on any atom is -0.481 e. The van der Waals surface area contributed by atoms with Crippen molar-refractivity contribution in [2.45, 2.75) is 57.2 Å². The number of carboxylic acids is 1. The number of piperidine rings is 1. The minimum atomic E-state index is -2.42. The summed E-state index contributed by atoms with van der Waals surface area (Å²) < 4.78 is 24.6. The fraction of sp³-hybridized carbons (Fsp3) is 0.364. The number of likely N-dealkylation sites (tertiary alicyclic amines) is 1. The monoisotopic (exact) mass is 653 g/mol. The molecular weight excluding hydrogens is 621 g/mol. The number of hydrogen-bond acceptors (Lipinski definition) is 4. The van der Waals surface area contributed by atoms with Gasteiger partial charge >= 0.3 is 5.97 Å². The molecule has 5 atom stereocenters. The molecule has 230 valence electrons. The highest BCUT2D eigenvalue weighted by atomic mass is 35.5. The molecule has 1 saturated heterocycles. The first-order chi connectivity index (χ1) is 21.0. The number of benzene rings is 3. The van der Waals surface area contributed by atoms with Gasteiger partial charge in [-0.25, -0.2) is 4.21 Å². The molecule has 0 bridgehead atoms. The molecule has 1 aliphatic carbocycles. The molecular formula is C33H33Cl2N3O5S. The lowest BCUT2D eigenvalue weighted by Crippen LogP contribution is -2.59. The van der Waals surface area contributed by atoms with E-state index >= 15 is 0 Å². The Labute approximate surface area is 269 Å². The number of carbonyl (C=O) groups excluding carboxylic acids is 1. The van der Waals surface area contributed by atoms with E-state index in [2.05, 4.69) is 6.07 Å². The summed E-state index contributed by atoms with van der Waals surface area (Å²) in [4.78, 5) is 28.6. The van der Waals surface area contributed by atoms with Crippen LogP contribution in [0.15, 0.2) is 72.8 Å². The molecule has 2 aliphatic rings. The predicted octanol–water partition coefficient (Wildman–Crippen LogP) is 6.82. The third kappa shape index (κ3) is 7.01. The maximum absolute atomic E-state index is 14.7. The molecule has 44 heavy (non-hydrogen) atoms. The van der Waals surface area contributed by atoms with Crippen LogP contribution in [0, 0.1) is 22.7 Å². The second-order valence-corrected chi connectivity index (χ2v) is 13.8. The van der Waals surface area contributed by atoms with Crippen molar-refractivity contribution in [1.82, 2.24) is 9.21 Å². The van der Waals surface area contributed by atoms with Crippen LogP contribution < -0.4 is 0 Å². The Morgan fingerprint density at radius 2 is 1.80 bits per heavy atom. The van der Waals surface area contributed by atoms with Gasteiger partial charge in [0.1, 0.15) is 0 Å². The Bertz CT molecular complexity index is 1610. The molecule has 5 rings (SSSR count). The molecule has 0 spiro atoms. The van der Waals surface area contributed by atoms with E-state index in [0.29, 0.717) is 21.2 Å². The molecule has 1 heterocycles. The van der Waals surface area contributed by atoms with Crippen LogP contribution in [0.3, 0.4) is 0 Å². The number of hydrogen-bond donors (Lipinski definition) is 2. The SMILES string of the molecule is C[C@]1(CC(=O)O)C[C@H](c2cccc(Cl)c2)[C@@H](c2ccc(Cl)cc2)N([C@H](CN(Cc2ccccc2C#N)S(=O)O)C2CC2)C1=O. The average molecular weight is 655 g/mol. The molecule has 2 fully saturated rings. The van der Waals surface area contributed by atoms with Gasteiger partial charge in [-0.1, -0.05) is 72.6 Å². The van der Waals surface area contributed by atoms with Gasteiger partial charge in [0, 0.05) is 35.1 Å². The Balaban J connectivity index is 1.64. The Kier molecular flexibility index (Phi) is 9.78. The first-order valence-corrected chi connectivity index (χ1v) is 16.2. The molecule has 2 N–H and O–H groups in total. The van der Waals surface area contributed by atoms with Crippen LogP contribution in [0.5, 0.6) is 0 Å². The van der Waals surface area contributed by atoms with Crippen molar-refractivity contribution in [2.75, 3.05) is 6.54 Å². The van der Waals surface area contributed by atoms with Crippen molar-refractivity contribution in [2.24, 2.45) is 11.3 Å². The van der Waals surface area contributed by atoms with Gasteiger partial charge in [0.2, 0.25) is 17.2 Å². The van der Waals surface area contributed by atoms with Gasteiger partial charge in [0.25, 0.3) is 0 Å². The van der Waals surface area contributed by atoms with Crippen LogP contribution in [-0.4, -0.2) is 47.5 Å². The molecule has 1 saturated carbocycles. The van der Waals surface area contributed by atoms with Crippen LogP contribution in [0.1, 0.15) is 66.8 Å². The smallest absolute Gasteiger partial charge is 0.304 e. The van der Waals surface area contributed by atoms with Gasteiger partial charge < -0.3 is 10.0 Å². The van der Waals surface area contributed by atoms with Crippen LogP contribution in [0.2, 0.25) is 10.0 Å². The van der Waals surface area contributed by atoms with E-state index in [0.717, 1.165) is 24.0 Å². The highest BCUT2D eigenvalue weighted by molar-refractivity contribution is 7.76. The highest BCUT2D eigenvalue weighted by Crippen LogP contribution is 2.54. The van der Waals surface area contributed by atoms with Gasteiger partial charge in [-0.05, 0) is 72.2 Å². The zero-order valence-corrected chi connectivity index (χ0v) is 26.4. The summed E-state index contributed by atoms with van der Waals surface area (Å²) in [6.07, 6.45) is 1.54. The topological polar surface area (TPSA) is 122 Å². The van der Waals surface area contributed by atoms with Gasteiger partial charge in [0.15, 0.2) is 0 Å². The Morgan fingerprint density at radius 1 is 1.09 bits per heavy atom. The average Bonchev–Trinajstić information content (AvgIpc) is 3.82. The van der Waals surface area contributed by atoms with E-state index in [-0.39, 0.29) is 43.7 Å². The number of carbonyl (C=O) groups is 2. The summed E-state index contributed by atoms with van der Waals surface area (Å²) in [6, 6.07) is 22.7. The number of rotatable bonds is 11. The van der Waals surface area contributed by atoms with Crippen molar-refractivity contribution in [3.05, 3.63) is 105 Å². The van der Waals surface area contributed by atoms with Gasteiger partial charge in [-0.3, -0.25) is 14.1 Å². The molecule has 11 heteroatoms. The van der Waals surface area contributed by atoms with Crippen molar-refractivity contribution in [3.63, 3.8) is 0 Å². The number of amides is 1. The Morgan fingerprint density at radius 3 is 2.41 bits per heavy atom. The van der Waals surface area contributed by atoms with E-state index in [4.69, 9.17) is 23.2 Å². The van der Waals surface area contributed by atoms with Crippen molar-refractivity contribution >= 4 is 46.3 Å². The molecule has 1 amide bonds. The highest BCUT2D eigenvalue weighted by Gasteiger charge is 2.54. The maximum Gasteiger partial charge on any atom is 0.304 e. The first-order valence-electron chi connectivity index (χ1n) is 14.4. The van der Waals surface area contributed by atoms with Gasteiger partial charge in [-0.15, -0.1) is 0 Å². The van der Waals surface area contributed by atoms with E-state index < -0.39 is 34.7 Å². The zero-order chi connectivity index (χ0) is 31.6. The standard InChI is InChI=1S/C33H33Cl2N3O5S/c1-33(17-30(39)40)16-28(23-7-4-8-27(35)15-23)31(22-11-13-26(34)14-12-22)38(32(33)41)29(21-9-10-21)20-37(44(42)43)19-25-6-3-2-5-24(25)18-36/h2-8,11-15,21,28-29,31H,9-10,16-17,19-20H2,1H3,(H,39,40)(H,42,43)/t28-,29-,31-,33-/m1/s1. The molecule has 0 radical (unpaired) electrons. The van der Waals surface area contributed by atoms with E-state index in [1.165, 1.54) is 4.31 Å². The number of halogens is 2. The third-order valence-electron chi connectivity index (χ3n) is 8.75. The van der Waals surface area contributed by atoms with Crippen molar-refractivity contribution < 1.29 is 23.5 Å². The summed E-state index contributed by atoms with van der Waals surface area (Å²) in [5, 5.41) is 20.6. The molecule has 1 aliphatic heterocycles. The lowest BCUT2D eigenvalue weighted by atomic mass is 9.67. The fourth-order valence-electron chi connectivity index (χ4n) is 6.54. The maximum atomic E-state index is 14.7. The largest absolute Gasteiger partial charge is 0.481 e. The number of aliphatic carboxylic acids is 1. The van der Waals surface area contributed by atoms with Crippen molar-refractivity contribution in [3.8, 4) is 6.07 Å². The Hall–Kier alpha value is -3.26. The predicted molar refractivity (Wildman–Crippen MR) is 169 cm³/mol. The van der Waals surface area contributed by atoms with Gasteiger partial charge in [-0.2, -0.15) is 9.57 Å². The molecule has 1 unspecified atom stereocenters. The zero-order valence-electron chi connectivity index (χ0n) is 24.1. The van der Waals surface area contributed by atoms with Gasteiger partial charge in [0.05, 0.1) is 29.5 Å². The summed E-state index contributed by atoms with van der Waals surface area (Å²) in [5.41, 5.74) is 1.44. The molecule has 3 aromatic rings. The summed E-state index contributed by atoms with van der Waals surface area (Å²) in [5.74, 6) is -1.68. The van der Waals surface area contributed by atoms with E-state index in [1.54, 1.807) is 54.3 Å². The van der Waals surface area contributed by atoms with E-state index in [1.807, 2.05) is 30.3 Å². The summed E-state index contributed by atoms with van der Waals surface area (Å²) >= 11 is 10.3. The summed E-state index contributed by atoms with van der Waals surface area (Å²) in [6.45, 7) is 1.77. The van der Waals surface area contributed by atoms with Crippen LogP contribution in [-0.2, 0) is 27.4 Å². The third-order valence-corrected chi connectivity index (χ3v) is 9.96. The summed E-state index contributed by atoms with van der Waals surface area (Å²) in [7, 11) is 0. The van der Waals surface area contributed by atoms with Crippen molar-refractivity contribution in [1.29, 1.82) is 5.26 Å². The number of nitriles is 1. The second-order valence-electron chi connectivity index (χ2n) is 11.9. The number of carboxylic acid groups (broad SMARTS) is 1. The van der Waals surface area contributed by atoms with Crippen LogP contribution in [0.4, 0.5) is 0 Å². The van der Waals surface area contributed by atoms with E-state index in [9.17, 15) is 28.7 Å². The lowest BCUT2D eigenvalue weighted by Gasteiger charge is -2.52. The second kappa shape index (κ2) is 13.4. The molecule has 0 aromatic heterocycles. The fourth-order valence-corrected chi connectivity index (χ4v) is 7.39. The quantitative estimate of drug-likeness (QED) is 0.219. The molecule has 3 aromatic carbocycles. The first kappa shape index (κ1) is 32.1. The number of nitrogens with zero attached hydrogens (tertiary/aromatic N) is 3. The van der Waals surface area contributed by atoms with Crippen LogP contribution in [0.25, 0.3) is 0 Å². The molecule has 8 nitrogen and oxygen atoms in total. The van der Waals surface area contributed by atoms with Crippen LogP contribution >= 0.6 is 23.2 Å². The normalized spacial score (nSPS) is 23.3. The lowest BCUT2D eigenvalue weighted by molar-refractivity contribution is -0.161.